The van der Waals surface area contributed by atoms with Crippen LogP contribution in [0.3, 0.4) is 0 Å². The van der Waals surface area contributed by atoms with Crippen LogP contribution in [0.5, 0.6) is 0 Å². The predicted octanol–water partition coefficient (Wildman–Crippen LogP) is -0.295. The van der Waals surface area contributed by atoms with Gasteiger partial charge in [0.1, 0.15) is 5.76 Å². The van der Waals surface area contributed by atoms with E-state index in [1.54, 1.807) is 6.92 Å². The number of aromatic nitrogens is 1. The Hall–Kier alpha value is -1.36. The summed E-state index contributed by atoms with van der Waals surface area (Å²) in [6, 6.07) is 1.53. The molecule has 0 aromatic carbocycles. The molecule has 0 fully saturated rings. The van der Waals surface area contributed by atoms with Crippen LogP contribution in [0.15, 0.2) is 10.6 Å². The molecule has 1 heterocycles. The van der Waals surface area contributed by atoms with Crippen LogP contribution >= 0.6 is 0 Å². The molecule has 1 amide bonds. The van der Waals surface area contributed by atoms with E-state index in [0.717, 1.165) is 0 Å². The molecule has 0 saturated heterocycles. The van der Waals surface area contributed by atoms with Gasteiger partial charge >= 0.3 is 0 Å². The van der Waals surface area contributed by atoms with Crippen LogP contribution in [0, 0.1) is 6.92 Å². The normalized spacial score (nSPS) is 9.83. The second-order valence-electron chi connectivity index (χ2n) is 2.30. The number of rotatable bonds is 3. The second-order valence-corrected chi connectivity index (χ2v) is 2.30. The van der Waals surface area contributed by atoms with Crippen molar-refractivity contribution in [1.29, 1.82) is 0 Å². The van der Waals surface area contributed by atoms with Gasteiger partial charge in [0.2, 0.25) is 0 Å². The Morgan fingerprint density at radius 1 is 1.83 bits per heavy atom. The lowest BCUT2D eigenvalue weighted by molar-refractivity contribution is 0.0935. The summed E-state index contributed by atoms with van der Waals surface area (Å²) in [6.07, 6.45) is 0. The van der Waals surface area contributed by atoms with Gasteiger partial charge in [-0.15, -0.1) is 0 Å². The van der Waals surface area contributed by atoms with Crippen LogP contribution in [-0.2, 0) is 0 Å². The van der Waals surface area contributed by atoms with Crippen molar-refractivity contribution in [3.8, 4) is 0 Å². The smallest absolute Gasteiger partial charge is 0.273 e. The first-order valence-electron chi connectivity index (χ1n) is 3.56. The lowest BCUT2D eigenvalue weighted by Gasteiger charge is -1.96. The van der Waals surface area contributed by atoms with E-state index in [-0.39, 0.29) is 24.8 Å². The molecule has 0 aliphatic carbocycles. The molecule has 1 aromatic rings. The molecular weight excluding hydrogens is 160 g/mol. The van der Waals surface area contributed by atoms with Gasteiger partial charge in [0.15, 0.2) is 5.69 Å². The molecule has 0 spiro atoms. The fraction of sp³-hybridized carbons (Fsp3) is 0.429. The Morgan fingerprint density at radius 3 is 3.08 bits per heavy atom. The van der Waals surface area contributed by atoms with Gasteiger partial charge in [-0.1, -0.05) is 5.16 Å². The monoisotopic (exact) mass is 170 g/mol. The fourth-order valence-electron chi connectivity index (χ4n) is 0.733. The van der Waals surface area contributed by atoms with Crippen LogP contribution < -0.4 is 5.32 Å². The molecule has 2 N–H and O–H groups in total. The number of nitrogens with one attached hydrogen (secondary N) is 1. The maximum absolute atomic E-state index is 11.1. The van der Waals surface area contributed by atoms with Gasteiger partial charge in [-0.05, 0) is 6.92 Å². The number of carbonyl (C=O) groups excluding carboxylic acids is 1. The maximum Gasteiger partial charge on any atom is 0.273 e. The molecule has 1 rings (SSSR count). The van der Waals surface area contributed by atoms with E-state index in [1.807, 2.05) is 0 Å². The van der Waals surface area contributed by atoms with Crippen molar-refractivity contribution in [3.05, 3.63) is 17.5 Å². The highest BCUT2D eigenvalue weighted by molar-refractivity contribution is 5.92. The van der Waals surface area contributed by atoms with Gasteiger partial charge in [0, 0.05) is 12.6 Å². The van der Waals surface area contributed by atoms with E-state index >= 15 is 0 Å². The molecule has 5 nitrogen and oxygen atoms in total. The molecular formula is C7H10N2O3. The third kappa shape index (κ3) is 2.06. The van der Waals surface area contributed by atoms with Crippen molar-refractivity contribution in [2.24, 2.45) is 0 Å². The summed E-state index contributed by atoms with van der Waals surface area (Å²) in [6.45, 7) is 1.85. The number of aliphatic hydroxyl groups is 1. The lowest BCUT2D eigenvalue weighted by Crippen LogP contribution is -2.26. The minimum atomic E-state index is -0.332. The van der Waals surface area contributed by atoms with E-state index in [4.69, 9.17) is 9.63 Å². The molecule has 0 aliphatic rings. The average molecular weight is 170 g/mol. The third-order valence-corrected chi connectivity index (χ3v) is 1.26. The molecule has 12 heavy (non-hydrogen) atoms. The summed E-state index contributed by atoms with van der Waals surface area (Å²) < 4.78 is 4.69. The van der Waals surface area contributed by atoms with Crippen molar-refractivity contribution in [1.82, 2.24) is 10.5 Å². The van der Waals surface area contributed by atoms with Gasteiger partial charge in [0.05, 0.1) is 6.61 Å². The van der Waals surface area contributed by atoms with Crippen molar-refractivity contribution in [2.45, 2.75) is 6.92 Å². The first kappa shape index (κ1) is 8.73. The summed E-state index contributed by atoms with van der Waals surface area (Å²) in [5, 5.41) is 14.4. The molecule has 66 valence electrons. The van der Waals surface area contributed by atoms with E-state index in [1.165, 1.54) is 6.07 Å². The molecule has 1 aromatic heterocycles. The van der Waals surface area contributed by atoms with E-state index < -0.39 is 0 Å². The summed E-state index contributed by atoms with van der Waals surface area (Å²) in [5.74, 6) is 0.255. The molecule has 0 atom stereocenters. The Kier molecular flexibility index (Phi) is 2.82. The number of aryl methyl sites for hydroxylation is 1. The lowest BCUT2D eigenvalue weighted by atomic mass is 10.3. The average Bonchev–Trinajstić information content (AvgIpc) is 2.47. The Bertz CT molecular complexity index is 269. The zero-order chi connectivity index (χ0) is 8.97. The van der Waals surface area contributed by atoms with Crippen molar-refractivity contribution in [2.75, 3.05) is 13.2 Å². The van der Waals surface area contributed by atoms with E-state index in [2.05, 4.69) is 10.5 Å². The molecule has 5 heteroatoms. The SMILES string of the molecule is Cc1cc(C(=O)NCCO)no1. The zero-order valence-electron chi connectivity index (χ0n) is 6.70. The van der Waals surface area contributed by atoms with Crippen LogP contribution in [0.1, 0.15) is 16.2 Å². The zero-order valence-corrected chi connectivity index (χ0v) is 6.70. The number of nitrogens with zero attached hydrogens (tertiary/aromatic N) is 1. The minimum absolute atomic E-state index is 0.0808. The van der Waals surface area contributed by atoms with Crippen LogP contribution in [0.25, 0.3) is 0 Å². The highest BCUT2D eigenvalue weighted by Gasteiger charge is 2.08. The quantitative estimate of drug-likeness (QED) is 0.653. The maximum atomic E-state index is 11.1. The van der Waals surface area contributed by atoms with Crippen molar-refractivity contribution >= 4 is 5.91 Å². The van der Waals surface area contributed by atoms with Crippen LogP contribution in [-0.4, -0.2) is 29.3 Å². The predicted molar refractivity (Wildman–Crippen MR) is 40.7 cm³/mol. The number of aliphatic hydroxyl groups excluding tert-OH is 1. The number of amides is 1. The Labute approximate surface area is 69.4 Å². The Balaban J connectivity index is 2.53. The first-order valence-corrected chi connectivity index (χ1v) is 3.56. The standard InChI is InChI=1S/C7H10N2O3/c1-5-4-6(9-12-5)7(11)8-2-3-10/h4,10H,2-3H2,1H3,(H,8,11). The van der Waals surface area contributed by atoms with E-state index in [9.17, 15) is 4.79 Å². The topological polar surface area (TPSA) is 75.4 Å². The van der Waals surface area contributed by atoms with E-state index in [0.29, 0.717) is 5.76 Å². The Morgan fingerprint density at radius 2 is 2.58 bits per heavy atom. The van der Waals surface area contributed by atoms with Gasteiger partial charge in [0.25, 0.3) is 5.91 Å². The van der Waals surface area contributed by atoms with Crippen LogP contribution in [0.4, 0.5) is 0 Å². The first-order chi connectivity index (χ1) is 5.74. The highest BCUT2D eigenvalue weighted by Crippen LogP contribution is 2.00. The third-order valence-electron chi connectivity index (χ3n) is 1.26. The van der Waals surface area contributed by atoms with Gasteiger partial charge < -0.3 is 14.9 Å². The molecule has 0 saturated carbocycles. The minimum Gasteiger partial charge on any atom is -0.395 e. The highest BCUT2D eigenvalue weighted by atomic mass is 16.5. The molecule has 0 aliphatic heterocycles. The summed E-state index contributed by atoms with van der Waals surface area (Å²) >= 11 is 0. The van der Waals surface area contributed by atoms with Crippen molar-refractivity contribution < 1.29 is 14.4 Å². The van der Waals surface area contributed by atoms with Crippen LogP contribution in [0.2, 0.25) is 0 Å². The molecule has 0 bridgehead atoms. The largest absolute Gasteiger partial charge is 0.395 e. The number of carbonyl (C=O) groups is 1. The number of hydrogen-bond acceptors (Lipinski definition) is 4. The number of hydrogen-bond donors (Lipinski definition) is 2. The van der Waals surface area contributed by atoms with Gasteiger partial charge in [-0.2, -0.15) is 0 Å². The summed E-state index contributed by atoms with van der Waals surface area (Å²) in [7, 11) is 0. The fourth-order valence-corrected chi connectivity index (χ4v) is 0.733. The van der Waals surface area contributed by atoms with Crippen molar-refractivity contribution in [3.63, 3.8) is 0 Å². The second kappa shape index (κ2) is 3.87. The van der Waals surface area contributed by atoms with Gasteiger partial charge in [-0.3, -0.25) is 4.79 Å². The molecule has 0 unspecified atom stereocenters. The molecule has 0 radical (unpaired) electrons. The summed E-state index contributed by atoms with van der Waals surface area (Å²) in [5.41, 5.74) is 0.237. The van der Waals surface area contributed by atoms with Gasteiger partial charge in [-0.25, -0.2) is 0 Å². The summed E-state index contributed by atoms with van der Waals surface area (Å²) in [4.78, 5) is 11.1.